The summed E-state index contributed by atoms with van der Waals surface area (Å²) in [7, 11) is 0.424. The lowest BCUT2D eigenvalue weighted by molar-refractivity contribution is -0.864. The minimum Gasteiger partial charge on any atom is -0.633 e. The van der Waals surface area contributed by atoms with Gasteiger partial charge in [-0.2, -0.15) is 0 Å². The van der Waals surface area contributed by atoms with Crippen molar-refractivity contribution in [1.82, 2.24) is 19.9 Å². The molecule has 10 nitrogen and oxygen atoms in total. The van der Waals surface area contributed by atoms with E-state index in [1.54, 1.807) is 0 Å². The highest BCUT2D eigenvalue weighted by Crippen LogP contribution is 2.35. The summed E-state index contributed by atoms with van der Waals surface area (Å²) in [6, 6.07) is 2.67. The quantitative estimate of drug-likeness (QED) is 0.543. The van der Waals surface area contributed by atoms with Crippen LogP contribution in [-0.2, 0) is 4.74 Å². The van der Waals surface area contributed by atoms with Gasteiger partial charge >= 0.3 is 6.09 Å². The van der Waals surface area contributed by atoms with Crippen LogP contribution in [0.1, 0.15) is 33.4 Å². The average molecular weight is 413 g/mol. The molecular formula is C17H17ClN6O4. The number of aromatic nitrogens is 3. The molecule has 0 aliphatic carbocycles. The number of hydroxylamine groups is 3. The molecular weight excluding hydrogens is 388 g/mol. The molecule has 28 heavy (non-hydrogen) atoms. The summed E-state index contributed by atoms with van der Waals surface area (Å²) >= 11 is 5.84. The normalized spacial score (nSPS) is 32.2. The Labute approximate surface area is 176 Å². The van der Waals surface area contributed by atoms with Crippen LogP contribution in [0.2, 0.25) is 5.02 Å². The highest BCUT2D eigenvalue weighted by atomic mass is 35.5. The fourth-order valence-electron chi connectivity index (χ4n) is 2.47. The first-order valence-corrected chi connectivity index (χ1v) is 8.14. The molecule has 1 unspecified atom stereocenters. The fraction of sp³-hybridized carbons (Fsp3) is 0.353. The second-order valence-electron chi connectivity index (χ2n) is 5.74. The number of hydrogen-bond acceptors (Lipinski definition) is 7. The number of pyridine rings is 1. The number of fused-ring (bicyclic) bond motifs is 1. The lowest BCUT2D eigenvalue weighted by Gasteiger charge is -2.44. The summed E-state index contributed by atoms with van der Waals surface area (Å²) in [6.07, 6.45) is -0.145. The largest absolute Gasteiger partial charge is 0.633 e. The van der Waals surface area contributed by atoms with Gasteiger partial charge in [-0.05, 0) is 12.1 Å². The zero-order valence-electron chi connectivity index (χ0n) is 22.2. The van der Waals surface area contributed by atoms with Crippen LogP contribution in [0.5, 0.6) is 0 Å². The molecule has 0 bridgehead atoms. The summed E-state index contributed by atoms with van der Waals surface area (Å²) in [5, 5.41) is 13.1. The maximum absolute atomic E-state index is 13.3. The van der Waals surface area contributed by atoms with Crippen LogP contribution < -0.4 is 4.90 Å². The molecule has 0 spiro atoms. The maximum atomic E-state index is 13.3. The van der Waals surface area contributed by atoms with Gasteiger partial charge in [0.15, 0.2) is 5.69 Å². The van der Waals surface area contributed by atoms with Gasteiger partial charge in [-0.15, -0.1) is 0 Å². The van der Waals surface area contributed by atoms with Crippen molar-refractivity contribution >= 4 is 29.4 Å². The van der Waals surface area contributed by atoms with E-state index in [4.69, 9.17) is 27.3 Å². The number of carbonyl (C=O) groups is 2. The fourth-order valence-corrected chi connectivity index (χ4v) is 2.58. The van der Waals surface area contributed by atoms with E-state index < -0.39 is 53.8 Å². The van der Waals surface area contributed by atoms with Gasteiger partial charge in [0.2, 0.25) is 6.23 Å². The van der Waals surface area contributed by atoms with Crippen LogP contribution in [0.25, 0.3) is 0 Å². The van der Waals surface area contributed by atoms with Crippen molar-refractivity contribution in [3.05, 3.63) is 52.3 Å². The number of carbonyl (C=O) groups excluding carboxylic acids is 2. The average Bonchev–Trinajstić information content (AvgIpc) is 3.04. The third-order valence-corrected chi connectivity index (χ3v) is 3.94. The molecule has 0 saturated carbocycles. The van der Waals surface area contributed by atoms with Crippen molar-refractivity contribution in [3.8, 4) is 0 Å². The molecule has 1 saturated heterocycles. The van der Waals surface area contributed by atoms with E-state index in [1.165, 1.54) is 30.7 Å². The highest BCUT2D eigenvalue weighted by molar-refractivity contribution is 6.30. The predicted molar refractivity (Wildman–Crippen MR) is 98.2 cm³/mol. The lowest BCUT2D eigenvalue weighted by Crippen LogP contribution is -2.55. The Bertz CT molecular complexity index is 1220. The van der Waals surface area contributed by atoms with Crippen LogP contribution in [0.4, 0.5) is 10.6 Å². The molecule has 0 N–H and O–H groups in total. The van der Waals surface area contributed by atoms with Gasteiger partial charge in [-0.1, -0.05) is 11.6 Å². The molecule has 2 aliphatic heterocycles. The first-order valence-electron chi connectivity index (χ1n) is 11.8. The molecule has 4 rings (SSSR count). The van der Waals surface area contributed by atoms with Crippen LogP contribution in [0.15, 0.2) is 30.7 Å². The van der Waals surface area contributed by atoms with E-state index in [0.29, 0.717) is 7.05 Å². The lowest BCUT2D eigenvalue weighted by atomic mass is 10.3. The minimum absolute atomic E-state index is 0.0962. The number of quaternary nitrogens is 1. The molecule has 146 valence electrons. The molecule has 2 aliphatic rings. The third kappa shape index (κ3) is 3.37. The van der Waals surface area contributed by atoms with E-state index in [-0.39, 0.29) is 22.2 Å². The number of rotatable bonds is 2. The van der Waals surface area contributed by atoms with Gasteiger partial charge in [0, 0.05) is 18.6 Å². The third-order valence-electron chi connectivity index (χ3n) is 3.72. The van der Waals surface area contributed by atoms with Crippen LogP contribution in [0.3, 0.4) is 0 Å². The van der Waals surface area contributed by atoms with Crippen molar-refractivity contribution in [2.75, 3.05) is 37.9 Å². The highest BCUT2D eigenvalue weighted by Gasteiger charge is 2.44. The van der Waals surface area contributed by atoms with E-state index in [0.717, 1.165) is 4.90 Å². The zero-order chi connectivity index (χ0) is 27.1. The predicted octanol–water partition coefficient (Wildman–Crippen LogP) is 1.58. The Balaban J connectivity index is 1.81. The second-order valence-corrected chi connectivity index (χ2v) is 6.18. The van der Waals surface area contributed by atoms with E-state index in [1.807, 2.05) is 0 Å². The van der Waals surface area contributed by atoms with Gasteiger partial charge in [0.05, 0.1) is 49.0 Å². The zero-order valence-corrected chi connectivity index (χ0v) is 14.9. The Kier molecular flexibility index (Phi) is 2.80. The molecule has 2 aromatic rings. The van der Waals surface area contributed by atoms with Crippen molar-refractivity contribution in [2.24, 2.45) is 0 Å². The number of anilines is 1. The Morgan fingerprint density at radius 1 is 1.32 bits per heavy atom. The number of amides is 2. The van der Waals surface area contributed by atoms with Crippen molar-refractivity contribution in [3.63, 3.8) is 0 Å². The summed E-state index contributed by atoms with van der Waals surface area (Å²) in [4.78, 5) is 38.5. The van der Waals surface area contributed by atoms with Crippen molar-refractivity contribution < 1.29 is 29.9 Å². The molecule has 2 aromatic heterocycles. The monoisotopic (exact) mass is 412 g/mol. The number of piperazine rings is 1. The van der Waals surface area contributed by atoms with Gasteiger partial charge in [-0.3, -0.25) is 14.7 Å². The van der Waals surface area contributed by atoms with Gasteiger partial charge < -0.3 is 14.6 Å². The van der Waals surface area contributed by atoms with Gasteiger partial charge in [-0.25, -0.2) is 19.7 Å². The van der Waals surface area contributed by atoms with Crippen molar-refractivity contribution in [2.45, 2.75) is 6.23 Å². The van der Waals surface area contributed by atoms with Crippen molar-refractivity contribution in [1.29, 1.82) is 0 Å². The Morgan fingerprint density at radius 2 is 2.04 bits per heavy atom. The minimum atomic E-state index is -3.72. The molecule has 1 atom stereocenters. The molecule has 1 fully saturated rings. The number of likely N-dealkylation sites (N-methyl/N-ethyl adjacent to an activating group) is 1. The molecule has 4 heterocycles. The maximum Gasteiger partial charge on any atom is 0.412 e. The van der Waals surface area contributed by atoms with Crippen LogP contribution in [-0.4, -0.2) is 69.5 Å². The molecule has 0 radical (unpaired) electrons. The van der Waals surface area contributed by atoms with E-state index >= 15 is 0 Å². The number of hydrogen-bond donors (Lipinski definition) is 0. The smallest absolute Gasteiger partial charge is 0.412 e. The van der Waals surface area contributed by atoms with Gasteiger partial charge in [0.25, 0.3) is 5.91 Å². The first-order chi connectivity index (χ1) is 16.4. The molecule has 0 aromatic carbocycles. The number of nitrogens with zero attached hydrogens (tertiary/aromatic N) is 6. The standard InChI is InChI=1S/C17H17ClN6O4/c1-24(27)8-6-22(7-9-24)17(26)28-16-14-13(19-4-5-20-14)15(25)23(16)12-3-2-11(18)10-21-12/h2-5,10,16H,6-9H2,1H3/i6D2,7D2,8D2,9D2. The number of ether oxygens (including phenoxy) is 1. The summed E-state index contributed by atoms with van der Waals surface area (Å²) in [5.74, 6) is -0.925. The van der Waals surface area contributed by atoms with Gasteiger partial charge in [0.1, 0.15) is 11.5 Å². The summed E-state index contributed by atoms with van der Waals surface area (Å²) in [5.41, 5.74) is -0.479. The summed E-state index contributed by atoms with van der Waals surface area (Å²) in [6.45, 7) is -14.8. The Morgan fingerprint density at radius 3 is 2.71 bits per heavy atom. The van der Waals surface area contributed by atoms with Crippen LogP contribution in [0, 0.1) is 5.21 Å². The van der Waals surface area contributed by atoms with E-state index in [9.17, 15) is 14.8 Å². The second kappa shape index (κ2) is 6.97. The number of halogens is 1. The van der Waals surface area contributed by atoms with Crippen LogP contribution >= 0.6 is 11.6 Å². The summed E-state index contributed by atoms with van der Waals surface area (Å²) < 4.78 is 67.3. The molecule has 11 heteroatoms. The SMILES string of the molecule is [2H]C1([2H])N(C(=O)OC2c3nccnc3C(=O)N2c2ccc(Cl)cn2)C([2H])([2H])C([2H])([2H])[N+](C)([O-])C1([2H])[2H]. The topological polar surface area (TPSA) is 112 Å². The first kappa shape index (κ1) is 11.2. The molecule has 2 amide bonds. The Hall–Kier alpha value is -2.82. The van der Waals surface area contributed by atoms with E-state index in [2.05, 4.69) is 15.0 Å².